The van der Waals surface area contributed by atoms with Gasteiger partial charge in [0.05, 0.1) is 6.20 Å². The van der Waals surface area contributed by atoms with Gasteiger partial charge in [-0.25, -0.2) is 9.50 Å². The molecule has 3 rings (SSSR count). The molecule has 0 spiro atoms. The van der Waals surface area contributed by atoms with Crippen LogP contribution < -0.4 is 10.6 Å². The number of benzene rings is 1. The van der Waals surface area contributed by atoms with E-state index in [0.717, 1.165) is 28.9 Å². The Balaban J connectivity index is 1.60. The number of rotatable bonds is 8. The minimum Gasteiger partial charge on any atom is -0.352 e. The van der Waals surface area contributed by atoms with E-state index in [0.29, 0.717) is 36.2 Å². The van der Waals surface area contributed by atoms with Crippen LogP contribution in [-0.4, -0.2) is 32.5 Å². The molecule has 0 aliphatic heterocycles. The molecule has 0 fully saturated rings. The maximum Gasteiger partial charge on any atom is 0.251 e. The van der Waals surface area contributed by atoms with E-state index in [9.17, 15) is 14.9 Å². The number of hydrogen-bond acceptors (Lipinski definition) is 5. The zero-order chi connectivity index (χ0) is 23.3. The van der Waals surface area contributed by atoms with Crippen molar-refractivity contribution >= 4 is 17.5 Å². The fourth-order valence-electron chi connectivity index (χ4n) is 3.51. The minimum absolute atomic E-state index is 0.0865. The van der Waals surface area contributed by atoms with Crippen molar-refractivity contribution in [1.29, 1.82) is 5.26 Å². The summed E-state index contributed by atoms with van der Waals surface area (Å²) in [6.45, 7) is 8.13. The number of nitriles is 1. The van der Waals surface area contributed by atoms with E-state index in [-0.39, 0.29) is 17.9 Å². The molecule has 1 unspecified atom stereocenters. The Bertz CT molecular complexity index is 1190. The lowest BCUT2D eigenvalue weighted by atomic mass is 10.1. The van der Waals surface area contributed by atoms with Gasteiger partial charge < -0.3 is 10.6 Å². The number of carbonyl (C=O) groups excluding carboxylic acids is 2. The van der Waals surface area contributed by atoms with Crippen LogP contribution in [0.5, 0.6) is 0 Å². The molecule has 1 atom stereocenters. The minimum atomic E-state index is -0.112. The van der Waals surface area contributed by atoms with Crippen molar-refractivity contribution in [2.24, 2.45) is 0 Å². The Morgan fingerprint density at radius 3 is 2.78 bits per heavy atom. The molecular weight excluding hydrogens is 404 g/mol. The monoisotopic (exact) mass is 432 g/mol. The van der Waals surface area contributed by atoms with Gasteiger partial charge in [0.2, 0.25) is 5.91 Å². The number of nitrogens with zero attached hydrogens (tertiary/aromatic N) is 4. The van der Waals surface area contributed by atoms with Crippen LogP contribution in [0, 0.1) is 25.2 Å². The largest absolute Gasteiger partial charge is 0.352 e. The quantitative estimate of drug-likeness (QED) is 0.568. The van der Waals surface area contributed by atoms with E-state index in [4.69, 9.17) is 0 Å². The standard InChI is InChI=1S/C24H28N6O2/c1-5-15(2)28-24(32)19-8-6-7-18(11-19)13-26-22(31)10-9-21-16(3)29-23-20(12-25)14-27-30(23)17(21)4/h6-8,11,14-15H,5,9-10,13H2,1-4H3,(H,26,31)(H,28,32). The molecule has 0 saturated heterocycles. The van der Waals surface area contributed by atoms with Crippen LogP contribution in [0.2, 0.25) is 0 Å². The van der Waals surface area contributed by atoms with Gasteiger partial charge in [-0.3, -0.25) is 9.59 Å². The fourth-order valence-corrected chi connectivity index (χ4v) is 3.51. The molecule has 2 amide bonds. The number of amides is 2. The summed E-state index contributed by atoms with van der Waals surface area (Å²) >= 11 is 0. The molecule has 0 aliphatic rings. The van der Waals surface area contributed by atoms with Gasteiger partial charge in [-0.05, 0) is 56.9 Å². The second kappa shape index (κ2) is 10.1. The van der Waals surface area contributed by atoms with Gasteiger partial charge in [0.1, 0.15) is 11.6 Å². The molecule has 2 heterocycles. The van der Waals surface area contributed by atoms with Crippen LogP contribution in [0.4, 0.5) is 0 Å². The van der Waals surface area contributed by atoms with Crippen LogP contribution in [0.1, 0.15) is 65.1 Å². The molecule has 8 nitrogen and oxygen atoms in total. The van der Waals surface area contributed by atoms with Crippen LogP contribution in [-0.2, 0) is 17.8 Å². The summed E-state index contributed by atoms with van der Waals surface area (Å²) in [4.78, 5) is 29.3. The maximum atomic E-state index is 12.5. The molecule has 1 aromatic carbocycles. The van der Waals surface area contributed by atoms with Crippen LogP contribution in [0.15, 0.2) is 30.5 Å². The molecule has 2 aromatic heterocycles. The third kappa shape index (κ3) is 5.11. The molecule has 0 bridgehead atoms. The highest BCUT2D eigenvalue weighted by molar-refractivity contribution is 5.94. The van der Waals surface area contributed by atoms with E-state index in [2.05, 4.69) is 26.8 Å². The Morgan fingerprint density at radius 2 is 2.06 bits per heavy atom. The van der Waals surface area contributed by atoms with Gasteiger partial charge in [0.25, 0.3) is 5.91 Å². The third-order valence-corrected chi connectivity index (χ3v) is 5.60. The highest BCUT2D eigenvalue weighted by atomic mass is 16.2. The van der Waals surface area contributed by atoms with Crippen molar-refractivity contribution in [1.82, 2.24) is 25.2 Å². The summed E-state index contributed by atoms with van der Waals surface area (Å²) in [6.07, 6.45) is 3.19. The lowest BCUT2D eigenvalue weighted by Gasteiger charge is -2.13. The van der Waals surface area contributed by atoms with Crippen molar-refractivity contribution in [2.45, 2.75) is 59.5 Å². The zero-order valence-electron chi connectivity index (χ0n) is 18.9. The zero-order valence-corrected chi connectivity index (χ0v) is 18.9. The Morgan fingerprint density at radius 1 is 1.28 bits per heavy atom. The van der Waals surface area contributed by atoms with Gasteiger partial charge >= 0.3 is 0 Å². The molecule has 3 aromatic rings. The second-order valence-electron chi connectivity index (χ2n) is 7.93. The van der Waals surface area contributed by atoms with Crippen molar-refractivity contribution in [3.8, 4) is 6.07 Å². The molecule has 2 N–H and O–H groups in total. The first kappa shape index (κ1) is 22.9. The molecule has 8 heteroatoms. The first-order valence-corrected chi connectivity index (χ1v) is 10.7. The second-order valence-corrected chi connectivity index (χ2v) is 7.93. The first-order chi connectivity index (χ1) is 15.3. The van der Waals surface area contributed by atoms with Crippen LogP contribution in [0.25, 0.3) is 5.65 Å². The van der Waals surface area contributed by atoms with Crippen molar-refractivity contribution < 1.29 is 9.59 Å². The van der Waals surface area contributed by atoms with Gasteiger partial charge in [-0.1, -0.05) is 19.1 Å². The van der Waals surface area contributed by atoms with Gasteiger partial charge in [0, 0.05) is 36.0 Å². The SMILES string of the molecule is CCC(C)NC(=O)c1cccc(CNC(=O)CCc2c(C)nc3c(C#N)cnn3c2C)c1. The van der Waals surface area contributed by atoms with Crippen molar-refractivity contribution in [3.05, 3.63) is 64.1 Å². The highest BCUT2D eigenvalue weighted by Gasteiger charge is 2.15. The third-order valence-electron chi connectivity index (χ3n) is 5.60. The number of aryl methyl sites for hydroxylation is 2. The molecule has 32 heavy (non-hydrogen) atoms. The van der Waals surface area contributed by atoms with Gasteiger partial charge in [-0.2, -0.15) is 10.4 Å². The molecule has 0 saturated carbocycles. The summed E-state index contributed by atoms with van der Waals surface area (Å²) in [5.74, 6) is -0.198. The average molecular weight is 433 g/mol. The van der Waals surface area contributed by atoms with Crippen molar-refractivity contribution in [3.63, 3.8) is 0 Å². The number of carbonyl (C=O) groups is 2. The Labute approximate surface area is 187 Å². The number of fused-ring (bicyclic) bond motifs is 1. The number of hydrogen-bond donors (Lipinski definition) is 2. The Kier molecular flexibility index (Phi) is 7.21. The fraction of sp³-hybridized carbons (Fsp3) is 0.375. The van der Waals surface area contributed by atoms with Crippen LogP contribution in [0.3, 0.4) is 0 Å². The summed E-state index contributed by atoms with van der Waals surface area (Å²) in [5, 5.41) is 19.3. The lowest BCUT2D eigenvalue weighted by Crippen LogP contribution is -2.32. The van der Waals surface area contributed by atoms with E-state index in [1.807, 2.05) is 39.8 Å². The van der Waals surface area contributed by atoms with Crippen LogP contribution >= 0.6 is 0 Å². The van der Waals surface area contributed by atoms with E-state index in [1.54, 1.807) is 16.6 Å². The Hall–Kier alpha value is -3.73. The number of aromatic nitrogens is 3. The van der Waals surface area contributed by atoms with E-state index in [1.165, 1.54) is 6.20 Å². The lowest BCUT2D eigenvalue weighted by molar-refractivity contribution is -0.121. The number of nitrogens with one attached hydrogen (secondary N) is 2. The first-order valence-electron chi connectivity index (χ1n) is 10.7. The summed E-state index contributed by atoms with van der Waals surface area (Å²) in [6, 6.07) is 9.48. The molecule has 0 aliphatic carbocycles. The smallest absolute Gasteiger partial charge is 0.251 e. The molecular formula is C24H28N6O2. The maximum absolute atomic E-state index is 12.5. The average Bonchev–Trinajstić information content (AvgIpc) is 3.20. The highest BCUT2D eigenvalue weighted by Crippen LogP contribution is 2.18. The van der Waals surface area contributed by atoms with Crippen molar-refractivity contribution in [2.75, 3.05) is 0 Å². The molecule has 166 valence electrons. The topological polar surface area (TPSA) is 112 Å². The summed E-state index contributed by atoms with van der Waals surface area (Å²) < 4.78 is 1.65. The van der Waals surface area contributed by atoms with E-state index >= 15 is 0 Å². The van der Waals surface area contributed by atoms with Gasteiger partial charge in [-0.15, -0.1) is 0 Å². The normalized spacial score (nSPS) is 11.7. The predicted molar refractivity (Wildman–Crippen MR) is 121 cm³/mol. The van der Waals surface area contributed by atoms with E-state index < -0.39 is 0 Å². The predicted octanol–water partition coefficient (Wildman–Crippen LogP) is 3.00. The molecule has 0 radical (unpaired) electrons. The van der Waals surface area contributed by atoms with Gasteiger partial charge in [0.15, 0.2) is 5.65 Å². The summed E-state index contributed by atoms with van der Waals surface area (Å²) in [7, 11) is 0. The summed E-state index contributed by atoms with van der Waals surface area (Å²) in [5.41, 5.74) is 5.03.